The number of nitrogens with zero attached hydrogens (tertiary/aromatic N) is 1. The summed E-state index contributed by atoms with van der Waals surface area (Å²) < 4.78 is 25.7. The van der Waals surface area contributed by atoms with E-state index in [4.69, 9.17) is 5.26 Å². The Morgan fingerprint density at radius 3 is 2.69 bits per heavy atom. The molecule has 1 fully saturated rings. The second-order valence-electron chi connectivity index (χ2n) is 4.25. The Bertz CT molecular complexity index is 361. The summed E-state index contributed by atoms with van der Waals surface area (Å²) in [5.41, 5.74) is 0. The molecule has 1 aliphatic rings. The van der Waals surface area contributed by atoms with Crippen LogP contribution in [-0.4, -0.2) is 31.4 Å². The Hall–Kier alpha value is -0.640. The molecule has 0 aromatic rings. The normalized spacial score (nSPS) is 27.6. The SMILES string of the molecule is CCC(C#N)S(=O)(=O)NCC1CCC(O)C1. The van der Waals surface area contributed by atoms with Crippen molar-refractivity contribution in [2.24, 2.45) is 5.92 Å². The summed E-state index contributed by atoms with van der Waals surface area (Å²) in [5.74, 6) is 0.195. The second kappa shape index (κ2) is 5.62. The fourth-order valence-corrected chi connectivity index (χ4v) is 3.20. The van der Waals surface area contributed by atoms with Crippen molar-refractivity contribution in [3.63, 3.8) is 0 Å². The van der Waals surface area contributed by atoms with Gasteiger partial charge in [-0.05, 0) is 31.6 Å². The van der Waals surface area contributed by atoms with E-state index in [1.807, 2.05) is 0 Å². The molecular formula is C10H18N2O3S. The van der Waals surface area contributed by atoms with E-state index in [9.17, 15) is 13.5 Å². The van der Waals surface area contributed by atoms with Gasteiger partial charge in [-0.2, -0.15) is 5.26 Å². The van der Waals surface area contributed by atoms with Gasteiger partial charge in [-0.1, -0.05) is 6.92 Å². The fraction of sp³-hybridized carbons (Fsp3) is 0.900. The van der Waals surface area contributed by atoms with Crippen LogP contribution in [0.25, 0.3) is 0 Å². The van der Waals surface area contributed by atoms with Crippen molar-refractivity contribution in [2.45, 2.75) is 44.0 Å². The molecule has 92 valence electrons. The van der Waals surface area contributed by atoms with Gasteiger partial charge in [0.25, 0.3) is 0 Å². The van der Waals surface area contributed by atoms with Gasteiger partial charge in [0.05, 0.1) is 12.2 Å². The van der Waals surface area contributed by atoms with Crippen molar-refractivity contribution in [1.82, 2.24) is 4.72 Å². The van der Waals surface area contributed by atoms with Gasteiger partial charge in [-0.25, -0.2) is 13.1 Å². The van der Waals surface area contributed by atoms with E-state index in [2.05, 4.69) is 4.72 Å². The van der Waals surface area contributed by atoms with E-state index in [0.29, 0.717) is 19.4 Å². The van der Waals surface area contributed by atoms with Crippen LogP contribution in [0.3, 0.4) is 0 Å². The number of nitriles is 1. The zero-order valence-electron chi connectivity index (χ0n) is 9.39. The predicted molar refractivity (Wildman–Crippen MR) is 60.0 cm³/mol. The van der Waals surface area contributed by atoms with Crippen LogP contribution in [0.15, 0.2) is 0 Å². The molecule has 0 saturated heterocycles. The van der Waals surface area contributed by atoms with Crippen LogP contribution in [-0.2, 0) is 10.0 Å². The van der Waals surface area contributed by atoms with E-state index >= 15 is 0 Å². The first-order chi connectivity index (χ1) is 7.49. The average molecular weight is 246 g/mol. The average Bonchev–Trinajstić information content (AvgIpc) is 2.63. The lowest BCUT2D eigenvalue weighted by molar-refractivity contribution is 0.178. The van der Waals surface area contributed by atoms with Crippen LogP contribution >= 0.6 is 0 Å². The standard InChI is InChI=1S/C10H18N2O3S/c1-2-10(6-11)16(14,15)12-7-8-3-4-9(13)5-8/h8-10,12-13H,2-5,7H2,1H3. The molecule has 0 radical (unpaired) electrons. The molecule has 3 unspecified atom stereocenters. The van der Waals surface area contributed by atoms with E-state index in [1.54, 1.807) is 13.0 Å². The molecule has 6 heteroatoms. The molecule has 0 spiro atoms. The maximum absolute atomic E-state index is 11.6. The van der Waals surface area contributed by atoms with Crippen LogP contribution in [0, 0.1) is 17.2 Å². The molecule has 0 amide bonds. The van der Waals surface area contributed by atoms with Crippen molar-refractivity contribution in [2.75, 3.05) is 6.54 Å². The number of aliphatic hydroxyl groups excluding tert-OH is 1. The monoisotopic (exact) mass is 246 g/mol. The molecule has 0 aromatic carbocycles. The zero-order valence-corrected chi connectivity index (χ0v) is 10.2. The third-order valence-corrected chi connectivity index (χ3v) is 4.73. The minimum Gasteiger partial charge on any atom is -0.393 e. The zero-order chi connectivity index (χ0) is 12.2. The lowest BCUT2D eigenvalue weighted by atomic mass is 10.1. The predicted octanol–water partition coefficient (Wildman–Crippen LogP) is 0.369. The van der Waals surface area contributed by atoms with Gasteiger partial charge in [-0.15, -0.1) is 0 Å². The maximum atomic E-state index is 11.6. The lowest BCUT2D eigenvalue weighted by Gasteiger charge is -2.13. The smallest absolute Gasteiger partial charge is 0.227 e. The summed E-state index contributed by atoms with van der Waals surface area (Å²) in [7, 11) is -3.52. The Morgan fingerprint density at radius 2 is 2.25 bits per heavy atom. The van der Waals surface area contributed by atoms with Crippen LogP contribution in [0.2, 0.25) is 0 Å². The maximum Gasteiger partial charge on any atom is 0.227 e. The molecule has 5 nitrogen and oxygen atoms in total. The van der Waals surface area contributed by atoms with E-state index in [-0.39, 0.29) is 12.0 Å². The van der Waals surface area contributed by atoms with Gasteiger partial charge in [0.2, 0.25) is 10.0 Å². The van der Waals surface area contributed by atoms with E-state index < -0.39 is 15.3 Å². The van der Waals surface area contributed by atoms with Gasteiger partial charge in [0.15, 0.2) is 5.25 Å². The molecule has 1 saturated carbocycles. The molecule has 0 bridgehead atoms. The van der Waals surface area contributed by atoms with Gasteiger partial charge in [0, 0.05) is 6.54 Å². The Balaban J connectivity index is 2.45. The van der Waals surface area contributed by atoms with E-state index in [1.165, 1.54) is 0 Å². The highest BCUT2D eigenvalue weighted by Gasteiger charge is 2.27. The van der Waals surface area contributed by atoms with Crippen molar-refractivity contribution >= 4 is 10.0 Å². The summed E-state index contributed by atoms with van der Waals surface area (Å²) in [5, 5.41) is 17.0. The molecule has 0 aromatic heterocycles. The molecule has 1 aliphatic carbocycles. The van der Waals surface area contributed by atoms with Crippen molar-refractivity contribution in [1.29, 1.82) is 5.26 Å². The fourth-order valence-electron chi connectivity index (χ4n) is 1.95. The molecule has 1 rings (SSSR count). The minimum absolute atomic E-state index is 0.195. The first kappa shape index (κ1) is 13.4. The molecule has 3 atom stereocenters. The summed E-state index contributed by atoms with van der Waals surface area (Å²) in [4.78, 5) is 0. The third kappa shape index (κ3) is 3.44. The summed E-state index contributed by atoms with van der Waals surface area (Å²) in [6.07, 6.45) is 2.22. The highest BCUT2D eigenvalue weighted by molar-refractivity contribution is 7.90. The van der Waals surface area contributed by atoms with Gasteiger partial charge < -0.3 is 5.11 Å². The van der Waals surface area contributed by atoms with Crippen LogP contribution in [0.1, 0.15) is 32.6 Å². The van der Waals surface area contributed by atoms with Gasteiger partial charge >= 0.3 is 0 Å². The topological polar surface area (TPSA) is 90.2 Å². The number of sulfonamides is 1. The summed E-state index contributed by atoms with van der Waals surface area (Å²) in [6, 6.07) is 1.78. The lowest BCUT2D eigenvalue weighted by Crippen LogP contribution is -2.36. The largest absolute Gasteiger partial charge is 0.393 e. The molecular weight excluding hydrogens is 228 g/mol. The Morgan fingerprint density at radius 1 is 1.56 bits per heavy atom. The van der Waals surface area contributed by atoms with Gasteiger partial charge in [0.1, 0.15) is 0 Å². The summed E-state index contributed by atoms with van der Waals surface area (Å²) >= 11 is 0. The van der Waals surface area contributed by atoms with E-state index in [0.717, 1.165) is 12.8 Å². The number of hydrogen-bond acceptors (Lipinski definition) is 4. The third-order valence-electron chi connectivity index (χ3n) is 2.98. The molecule has 16 heavy (non-hydrogen) atoms. The van der Waals surface area contributed by atoms with Crippen LogP contribution in [0.5, 0.6) is 0 Å². The molecule has 0 aliphatic heterocycles. The number of rotatable bonds is 5. The van der Waals surface area contributed by atoms with Crippen molar-refractivity contribution in [3.05, 3.63) is 0 Å². The minimum atomic E-state index is -3.52. The Kier molecular flexibility index (Phi) is 4.71. The van der Waals surface area contributed by atoms with Gasteiger partial charge in [-0.3, -0.25) is 0 Å². The molecule has 0 heterocycles. The van der Waals surface area contributed by atoms with Crippen molar-refractivity contribution in [3.8, 4) is 6.07 Å². The first-order valence-corrected chi connectivity index (χ1v) is 7.10. The number of nitrogens with one attached hydrogen (secondary N) is 1. The number of aliphatic hydroxyl groups is 1. The van der Waals surface area contributed by atoms with Crippen LogP contribution in [0.4, 0.5) is 0 Å². The van der Waals surface area contributed by atoms with Crippen molar-refractivity contribution < 1.29 is 13.5 Å². The Labute approximate surface area is 96.5 Å². The first-order valence-electron chi connectivity index (χ1n) is 5.55. The molecule has 2 N–H and O–H groups in total. The second-order valence-corrected chi connectivity index (χ2v) is 6.20. The highest BCUT2D eigenvalue weighted by atomic mass is 32.2. The van der Waals surface area contributed by atoms with Crippen LogP contribution < -0.4 is 4.72 Å². The number of hydrogen-bond donors (Lipinski definition) is 2. The summed E-state index contributed by atoms with van der Waals surface area (Å²) in [6.45, 7) is 2.00. The quantitative estimate of drug-likeness (QED) is 0.733. The highest BCUT2D eigenvalue weighted by Crippen LogP contribution is 2.24.